The lowest BCUT2D eigenvalue weighted by atomic mass is 10.3. The molecule has 17 heavy (non-hydrogen) atoms. The number of rotatable bonds is 12. The van der Waals surface area contributed by atoms with E-state index in [4.69, 9.17) is 24.1 Å². The van der Waals surface area contributed by atoms with E-state index < -0.39 is 5.97 Å². The van der Waals surface area contributed by atoms with E-state index in [1.807, 2.05) is 0 Å². The van der Waals surface area contributed by atoms with Gasteiger partial charge in [-0.3, -0.25) is 0 Å². The molecule has 0 aromatic heterocycles. The van der Waals surface area contributed by atoms with E-state index in [0.717, 1.165) is 0 Å². The second-order valence-electron chi connectivity index (χ2n) is 3.18. The predicted molar refractivity (Wildman–Crippen MR) is 61.1 cm³/mol. The van der Waals surface area contributed by atoms with Crippen LogP contribution >= 0.6 is 0 Å². The molecule has 0 atom stereocenters. The Morgan fingerprint density at radius 3 is 1.94 bits per heavy atom. The van der Waals surface area contributed by atoms with Crippen LogP contribution in [0.5, 0.6) is 0 Å². The molecule has 0 aromatic carbocycles. The normalized spacial score (nSPS) is 10.4. The number of carboxylic acids is 1. The first kappa shape index (κ1) is 16.1. The minimum Gasteiger partial charge on any atom is -0.478 e. The van der Waals surface area contributed by atoms with Crippen molar-refractivity contribution in [3.8, 4) is 0 Å². The topological polar surface area (TPSA) is 74.2 Å². The van der Waals surface area contributed by atoms with Crippen LogP contribution in [0.25, 0.3) is 0 Å². The van der Waals surface area contributed by atoms with Crippen molar-refractivity contribution in [1.82, 2.24) is 0 Å². The zero-order chi connectivity index (χ0) is 12.9. The number of carboxylic acid groups (broad SMARTS) is 1. The first-order chi connectivity index (χ1) is 8.18. The Morgan fingerprint density at radius 1 is 1.00 bits per heavy atom. The molecule has 100 valence electrons. The Bertz CT molecular complexity index is 216. The number of hydrogen-bond donors (Lipinski definition) is 1. The van der Waals surface area contributed by atoms with Crippen LogP contribution in [0, 0.1) is 0 Å². The molecule has 0 saturated heterocycles. The first-order valence-electron chi connectivity index (χ1n) is 5.31. The van der Waals surface area contributed by atoms with Crippen molar-refractivity contribution in [3.63, 3.8) is 0 Å². The Hall–Kier alpha value is -0.950. The zero-order valence-corrected chi connectivity index (χ0v) is 10.1. The SMILES string of the molecule is C=C(COCCOCCOCCOC)C(=O)O. The second-order valence-corrected chi connectivity index (χ2v) is 3.18. The number of carbonyl (C=O) groups is 1. The van der Waals surface area contributed by atoms with E-state index in [1.54, 1.807) is 7.11 Å². The highest BCUT2D eigenvalue weighted by atomic mass is 16.6. The van der Waals surface area contributed by atoms with Gasteiger partial charge < -0.3 is 24.1 Å². The summed E-state index contributed by atoms with van der Waals surface area (Å²) in [6.45, 7) is 6.20. The Balaban J connectivity index is 3.08. The Labute approximate surface area is 101 Å². The van der Waals surface area contributed by atoms with Gasteiger partial charge in [0.05, 0.1) is 51.8 Å². The highest BCUT2D eigenvalue weighted by Crippen LogP contribution is 1.91. The van der Waals surface area contributed by atoms with Crippen molar-refractivity contribution in [2.75, 3.05) is 53.4 Å². The summed E-state index contributed by atoms with van der Waals surface area (Å²) < 4.78 is 20.2. The van der Waals surface area contributed by atoms with Crippen molar-refractivity contribution >= 4 is 5.97 Å². The van der Waals surface area contributed by atoms with Crippen molar-refractivity contribution < 1.29 is 28.8 Å². The zero-order valence-electron chi connectivity index (χ0n) is 10.1. The molecule has 0 unspecified atom stereocenters. The molecular formula is C11H20O6. The summed E-state index contributed by atoms with van der Waals surface area (Å²) in [7, 11) is 1.61. The lowest BCUT2D eigenvalue weighted by Gasteiger charge is -2.06. The van der Waals surface area contributed by atoms with Gasteiger partial charge in [0, 0.05) is 7.11 Å². The quantitative estimate of drug-likeness (QED) is 0.396. The van der Waals surface area contributed by atoms with Gasteiger partial charge >= 0.3 is 5.97 Å². The predicted octanol–water partition coefficient (Wildman–Crippen LogP) is 0.323. The van der Waals surface area contributed by atoms with Crippen LogP contribution in [-0.2, 0) is 23.7 Å². The van der Waals surface area contributed by atoms with Crippen molar-refractivity contribution in [3.05, 3.63) is 12.2 Å². The van der Waals surface area contributed by atoms with Crippen molar-refractivity contribution in [2.45, 2.75) is 0 Å². The summed E-state index contributed by atoms with van der Waals surface area (Å²) in [5.74, 6) is -1.04. The van der Waals surface area contributed by atoms with E-state index >= 15 is 0 Å². The van der Waals surface area contributed by atoms with Gasteiger partial charge in [0.25, 0.3) is 0 Å². The van der Waals surface area contributed by atoms with Crippen molar-refractivity contribution in [2.24, 2.45) is 0 Å². The number of aliphatic carboxylic acids is 1. The van der Waals surface area contributed by atoms with Gasteiger partial charge in [0.15, 0.2) is 0 Å². The third-order valence-electron chi connectivity index (χ3n) is 1.75. The van der Waals surface area contributed by atoms with Crippen LogP contribution < -0.4 is 0 Å². The van der Waals surface area contributed by atoms with Crippen LogP contribution in [0.2, 0.25) is 0 Å². The summed E-state index contributed by atoms with van der Waals surface area (Å²) in [6, 6.07) is 0. The van der Waals surface area contributed by atoms with E-state index in [0.29, 0.717) is 39.6 Å². The van der Waals surface area contributed by atoms with E-state index in [-0.39, 0.29) is 12.2 Å². The highest BCUT2D eigenvalue weighted by molar-refractivity contribution is 5.85. The summed E-state index contributed by atoms with van der Waals surface area (Å²) in [4.78, 5) is 10.4. The van der Waals surface area contributed by atoms with Crippen molar-refractivity contribution in [1.29, 1.82) is 0 Å². The second kappa shape index (κ2) is 11.5. The average Bonchev–Trinajstić information content (AvgIpc) is 2.31. The van der Waals surface area contributed by atoms with Gasteiger partial charge in [0.1, 0.15) is 0 Å². The Morgan fingerprint density at radius 2 is 1.47 bits per heavy atom. The summed E-state index contributed by atoms with van der Waals surface area (Å²) >= 11 is 0. The molecule has 0 aromatic rings. The lowest BCUT2D eigenvalue weighted by molar-refractivity contribution is -0.133. The fourth-order valence-electron chi connectivity index (χ4n) is 0.839. The molecule has 6 nitrogen and oxygen atoms in total. The van der Waals surface area contributed by atoms with E-state index in [1.165, 1.54) is 0 Å². The number of ether oxygens (including phenoxy) is 4. The first-order valence-corrected chi connectivity index (χ1v) is 5.31. The monoisotopic (exact) mass is 248 g/mol. The third-order valence-corrected chi connectivity index (χ3v) is 1.75. The van der Waals surface area contributed by atoms with Gasteiger partial charge in [-0.25, -0.2) is 4.79 Å². The number of hydrogen-bond acceptors (Lipinski definition) is 5. The Kier molecular flexibility index (Phi) is 10.9. The lowest BCUT2D eigenvalue weighted by Crippen LogP contribution is -2.13. The summed E-state index contributed by atoms with van der Waals surface area (Å²) in [6.07, 6.45) is 0. The smallest absolute Gasteiger partial charge is 0.333 e. The molecule has 0 heterocycles. The third kappa shape index (κ3) is 11.3. The largest absolute Gasteiger partial charge is 0.478 e. The van der Waals surface area contributed by atoms with E-state index in [2.05, 4.69) is 6.58 Å². The highest BCUT2D eigenvalue weighted by Gasteiger charge is 2.02. The van der Waals surface area contributed by atoms with Gasteiger partial charge in [-0.05, 0) is 0 Å². The molecule has 0 spiro atoms. The molecule has 6 heteroatoms. The maximum Gasteiger partial charge on any atom is 0.333 e. The van der Waals surface area contributed by atoms with Crippen LogP contribution in [0.15, 0.2) is 12.2 Å². The fraction of sp³-hybridized carbons (Fsp3) is 0.727. The molecule has 0 aliphatic heterocycles. The van der Waals surface area contributed by atoms with Gasteiger partial charge in [0.2, 0.25) is 0 Å². The van der Waals surface area contributed by atoms with Crippen LogP contribution in [-0.4, -0.2) is 64.4 Å². The van der Waals surface area contributed by atoms with Gasteiger partial charge in [-0.15, -0.1) is 0 Å². The standard InChI is InChI=1S/C11H20O6/c1-10(11(12)13)9-17-8-7-16-6-5-15-4-3-14-2/h1,3-9H2,2H3,(H,12,13). The van der Waals surface area contributed by atoms with Gasteiger partial charge in [-0.1, -0.05) is 6.58 Å². The maximum atomic E-state index is 10.4. The number of methoxy groups -OCH3 is 1. The maximum absolute atomic E-state index is 10.4. The minimum atomic E-state index is -1.04. The van der Waals surface area contributed by atoms with Crippen LogP contribution in [0.3, 0.4) is 0 Å². The molecule has 0 rings (SSSR count). The molecule has 0 aliphatic carbocycles. The van der Waals surface area contributed by atoms with Crippen LogP contribution in [0.1, 0.15) is 0 Å². The van der Waals surface area contributed by atoms with Gasteiger partial charge in [-0.2, -0.15) is 0 Å². The molecule has 0 amide bonds. The van der Waals surface area contributed by atoms with E-state index in [9.17, 15) is 4.79 Å². The molecule has 0 saturated carbocycles. The molecule has 1 N–H and O–H groups in total. The van der Waals surface area contributed by atoms with Crippen LogP contribution in [0.4, 0.5) is 0 Å². The average molecular weight is 248 g/mol. The molecule has 0 bridgehead atoms. The summed E-state index contributed by atoms with van der Waals surface area (Å²) in [5.41, 5.74) is 0.0351. The minimum absolute atomic E-state index is 0.0169. The molecular weight excluding hydrogens is 228 g/mol. The fourth-order valence-corrected chi connectivity index (χ4v) is 0.839. The molecule has 0 radical (unpaired) electrons. The summed E-state index contributed by atoms with van der Waals surface area (Å²) in [5, 5.41) is 8.49. The molecule has 0 aliphatic rings. The molecule has 0 fully saturated rings.